The molecule has 14 heteroatoms. The largest absolute Gasteiger partial charge is 0.394 e. The third-order valence-corrected chi connectivity index (χ3v) is 6.85. The van der Waals surface area contributed by atoms with E-state index < -0.39 is 84.7 Å². The summed E-state index contributed by atoms with van der Waals surface area (Å²) in [5.74, 6) is -2.49. The summed E-state index contributed by atoms with van der Waals surface area (Å²) >= 11 is 0. The Kier molecular flexibility index (Phi) is 8.10. The average Bonchev–Trinajstić information content (AvgIpc) is 3.03. The van der Waals surface area contributed by atoms with Crippen molar-refractivity contribution in [2.45, 2.75) is 66.6 Å². The highest BCUT2D eigenvalue weighted by molar-refractivity contribution is 7.86. The molecule has 2 aliphatic heterocycles. The van der Waals surface area contributed by atoms with Gasteiger partial charge in [0.2, 0.25) is 5.79 Å². The first-order valence-electron chi connectivity index (χ1n) is 10.0. The molecule has 3 rings (SSSR count). The highest BCUT2D eigenvalue weighted by Crippen LogP contribution is 2.37. The molecular formula is C19H28O13S. The summed E-state index contributed by atoms with van der Waals surface area (Å²) in [7, 11) is -4.41. The van der Waals surface area contributed by atoms with E-state index in [-0.39, 0.29) is 4.90 Å². The van der Waals surface area contributed by atoms with Gasteiger partial charge in [-0.2, -0.15) is 8.42 Å². The van der Waals surface area contributed by atoms with Crippen LogP contribution in [0.15, 0.2) is 29.2 Å². The lowest BCUT2D eigenvalue weighted by molar-refractivity contribution is -0.382. The molecule has 0 unspecified atom stereocenters. The number of aliphatic hydroxyl groups is 7. The van der Waals surface area contributed by atoms with E-state index in [0.29, 0.717) is 0 Å². The highest BCUT2D eigenvalue weighted by atomic mass is 32.2. The lowest BCUT2D eigenvalue weighted by Crippen LogP contribution is -2.62. The first-order chi connectivity index (χ1) is 15.5. The predicted molar refractivity (Wildman–Crippen MR) is 106 cm³/mol. The topological polar surface area (TPSA) is 213 Å². The minimum absolute atomic E-state index is 0.220. The van der Waals surface area contributed by atoms with Gasteiger partial charge in [0.05, 0.1) is 18.1 Å². The number of ether oxygens (including phenoxy) is 3. The van der Waals surface area contributed by atoms with Gasteiger partial charge in [0.1, 0.15) is 49.3 Å². The van der Waals surface area contributed by atoms with E-state index in [0.717, 1.165) is 5.56 Å². The molecule has 1 aromatic carbocycles. The minimum atomic E-state index is -4.41. The Labute approximate surface area is 189 Å². The number of aliphatic hydroxyl groups excluding tert-OH is 7. The van der Waals surface area contributed by atoms with Crippen molar-refractivity contribution in [3.63, 3.8) is 0 Å². The Hall–Kier alpha value is -1.27. The smallest absolute Gasteiger partial charge is 0.297 e. The third kappa shape index (κ3) is 5.22. The fourth-order valence-electron chi connectivity index (χ4n) is 3.55. The second-order valence-corrected chi connectivity index (χ2v) is 9.55. The lowest BCUT2D eigenvalue weighted by Gasteiger charge is -2.43. The molecule has 0 aliphatic carbocycles. The quantitative estimate of drug-likeness (QED) is 0.173. The summed E-state index contributed by atoms with van der Waals surface area (Å²) in [6, 6.07) is 5.63. The van der Waals surface area contributed by atoms with Gasteiger partial charge in [0.25, 0.3) is 10.1 Å². The van der Waals surface area contributed by atoms with Crippen LogP contribution in [0.5, 0.6) is 0 Å². The van der Waals surface area contributed by atoms with Gasteiger partial charge in [-0.3, -0.25) is 4.18 Å². The molecule has 7 N–H and O–H groups in total. The normalized spacial score (nSPS) is 39.6. The molecule has 2 aliphatic rings. The van der Waals surface area contributed by atoms with Crippen molar-refractivity contribution < 1.29 is 62.6 Å². The van der Waals surface area contributed by atoms with Crippen LogP contribution in [0.2, 0.25) is 0 Å². The van der Waals surface area contributed by atoms with Crippen molar-refractivity contribution in [3.05, 3.63) is 29.8 Å². The van der Waals surface area contributed by atoms with Crippen molar-refractivity contribution in [1.82, 2.24) is 0 Å². The molecule has 188 valence electrons. The zero-order valence-electron chi connectivity index (χ0n) is 17.5. The van der Waals surface area contributed by atoms with E-state index in [2.05, 4.69) is 0 Å². The van der Waals surface area contributed by atoms with Crippen LogP contribution in [-0.4, -0.2) is 119 Å². The molecule has 1 aromatic rings. The van der Waals surface area contributed by atoms with E-state index in [1.165, 1.54) is 24.3 Å². The zero-order chi connectivity index (χ0) is 24.6. The molecule has 2 fully saturated rings. The molecular weight excluding hydrogens is 468 g/mol. The molecule has 2 saturated heterocycles. The van der Waals surface area contributed by atoms with Crippen LogP contribution in [0.25, 0.3) is 0 Å². The summed E-state index contributed by atoms with van der Waals surface area (Å²) in [4.78, 5) is -0.220. The van der Waals surface area contributed by atoms with Gasteiger partial charge < -0.3 is 50.0 Å². The van der Waals surface area contributed by atoms with Gasteiger partial charge >= 0.3 is 0 Å². The molecule has 0 radical (unpaired) electrons. The lowest BCUT2D eigenvalue weighted by atomic mass is 9.99. The molecule has 9 atom stereocenters. The van der Waals surface area contributed by atoms with E-state index in [1.807, 2.05) is 0 Å². The average molecular weight is 496 g/mol. The summed E-state index contributed by atoms with van der Waals surface area (Å²) in [5.41, 5.74) is 0.792. The predicted octanol–water partition coefficient (Wildman–Crippen LogP) is -3.67. The molecule has 0 saturated carbocycles. The third-order valence-electron chi connectivity index (χ3n) is 5.57. The number of hydrogen-bond acceptors (Lipinski definition) is 13. The van der Waals surface area contributed by atoms with Crippen molar-refractivity contribution in [3.8, 4) is 0 Å². The molecule has 0 spiro atoms. The van der Waals surface area contributed by atoms with Gasteiger partial charge in [-0.1, -0.05) is 17.7 Å². The van der Waals surface area contributed by atoms with Gasteiger partial charge in [-0.15, -0.1) is 0 Å². The Morgan fingerprint density at radius 3 is 2.06 bits per heavy atom. The summed E-state index contributed by atoms with van der Waals surface area (Å²) in [6.07, 6.45) is -13.9. The van der Waals surface area contributed by atoms with E-state index >= 15 is 0 Å². The molecule has 33 heavy (non-hydrogen) atoms. The van der Waals surface area contributed by atoms with Crippen molar-refractivity contribution in [1.29, 1.82) is 0 Å². The number of rotatable bonds is 8. The van der Waals surface area contributed by atoms with E-state index in [9.17, 15) is 44.2 Å². The van der Waals surface area contributed by atoms with Crippen LogP contribution in [0.4, 0.5) is 0 Å². The monoisotopic (exact) mass is 496 g/mol. The van der Waals surface area contributed by atoms with Gasteiger partial charge in [0.15, 0.2) is 6.29 Å². The summed E-state index contributed by atoms with van der Waals surface area (Å²) < 4.78 is 46.3. The van der Waals surface area contributed by atoms with Crippen LogP contribution in [-0.2, 0) is 28.5 Å². The fourth-order valence-corrected chi connectivity index (χ4v) is 4.47. The number of benzene rings is 1. The molecule has 0 amide bonds. The number of aryl methyl sites for hydroxylation is 1. The Morgan fingerprint density at radius 2 is 1.52 bits per heavy atom. The SMILES string of the molecule is Cc1ccc(S(=O)(=O)OC[C@@]2(O[C@H]3O[C@H](CO)[C@@H](O)[C@H](O)[C@H]3O)O[C@H](CO)[C@@H](O)[C@@H]2O)cc1. The van der Waals surface area contributed by atoms with Crippen molar-refractivity contribution in [2.75, 3.05) is 19.8 Å². The van der Waals surface area contributed by atoms with E-state index in [1.54, 1.807) is 6.92 Å². The number of hydrogen-bond donors (Lipinski definition) is 7. The van der Waals surface area contributed by atoms with Crippen LogP contribution in [0.3, 0.4) is 0 Å². The molecule has 13 nitrogen and oxygen atoms in total. The second-order valence-electron chi connectivity index (χ2n) is 7.93. The first kappa shape index (κ1) is 26.3. The van der Waals surface area contributed by atoms with Gasteiger partial charge in [-0.05, 0) is 19.1 Å². The maximum Gasteiger partial charge on any atom is 0.297 e. The molecule has 0 aromatic heterocycles. The molecule has 2 heterocycles. The second kappa shape index (κ2) is 10.2. The zero-order valence-corrected chi connectivity index (χ0v) is 18.4. The highest BCUT2D eigenvalue weighted by Gasteiger charge is 2.59. The van der Waals surface area contributed by atoms with Crippen LogP contribution >= 0.6 is 0 Å². The standard InChI is InChI=1S/C19H28O13S/c1-9-2-4-10(5-3-9)33(27,28)29-8-19(17(26)14(23)12(7-21)31-19)32-18-16(25)15(24)13(22)11(6-20)30-18/h2-5,11-18,20-26H,6-8H2,1H3/t11-,12-,13-,14-,15+,16-,17+,18-,19+/m1/s1. The first-order valence-corrected chi connectivity index (χ1v) is 11.5. The van der Waals surface area contributed by atoms with Crippen LogP contribution in [0.1, 0.15) is 5.56 Å². The maximum absolute atomic E-state index is 12.6. The maximum atomic E-state index is 12.6. The van der Waals surface area contributed by atoms with Crippen molar-refractivity contribution in [2.24, 2.45) is 0 Å². The van der Waals surface area contributed by atoms with E-state index in [4.69, 9.17) is 18.4 Å². The van der Waals surface area contributed by atoms with Gasteiger partial charge in [-0.25, -0.2) is 0 Å². The minimum Gasteiger partial charge on any atom is -0.394 e. The van der Waals surface area contributed by atoms with Crippen LogP contribution in [0, 0.1) is 6.92 Å². The summed E-state index contributed by atoms with van der Waals surface area (Å²) in [6.45, 7) is -0.864. The van der Waals surface area contributed by atoms with Crippen LogP contribution < -0.4 is 0 Å². The fraction of sp³-hybridized carbons (Fsp3) is 0.684. The molecule has 0 bridgehead atoms. The Balaban J connectivity index is 1.87. The summed E-state index contributed by atoms with van der Waals surface area (Å²) in [5, 5.41) is 69.7. The van der Waals surface area contributed by atoms with Gasteiger partial charge in [0, 0.05) is 0 Å². The Morgan fingerprint density at radius 1 is 0.909 bits per heavy atom. The van der Waals surface area contributed by atoms with Crippen molar-refractivity contribution >= 4 is 10.1 Å². The Bertz CT molecular complexity index is 891.